The molecule has 7 heteroatoms. The summed E-state index contributed by atoms with van der Waals surface area (Å²) < 4.78 is 0.942. The zero-order valence-electron chi connectivity index (χ0n) is 11.3. The minimum atomic E-state index is 0.433. The lowest BCUT2D eigenvalue weighted by atomic mass is 10.1. The van der Waals surface area contributed by atoms with Gasteiger partial charge >= 0.3 is 0 Å². The monoisotopic (exact) mass is 367 g/mol. The number of halogens is 2. The van der Waals surface area contributed by atoms with Gasteiger partial charge in [0, 0.05) is 31.5 Å². The highest BCUT2D eigenvalue weighted by Gasteiger charge is 2.21. The Kier molecular flexibility index (Phi) is 4.55. The lowest BCUT2D eigenvalue weighted by Gasteiger charge is -2.33. The second kappa shape index (κ2) is 6.58. The first-order valence-corrected chi connectivity index (χ1v) is 7.98. The Balaban J connectivity index is 1.60. The number of piperidine rings is 1. The van der Waals surface area contributed by atoms with Gasteiger partial charge in [0.15, 0.2) is 0 Å². The topological polar surface area (TPSA) is 53.9 Å². The van der Waals surface area contributed by atoms with Crippen molar-refractivity contribution >= 4 is 39.2 Å². The van der Waals surface area contributed by atoms with E-state index in [-0.39, 0.29) is 0 Å². The zero-order chi connectivity index (χ0) is 14.7. The predicted molar refractivity (Wildman–Crippen MR) is 87.8 cm³/mol. The van der Waals surface area contributed by atoms with Crippen molar-refractivity contribution in [2.75, 3.05) is 23.3 Å². The normalized spacial score (nSPS) is 16.0. The first-order valence-electron chi connectivity index (χ1n) is 6.81. The van der Waals surface area contributed by atoms with Gasteiger partial charge in [-0.25, -0.2) is 15.0 Å². The van der Waals surface area contributed by atoms with Gasteiger partial charge in [0.25, 0.3) is 0 Å². The fourth-order valence-corrected chi connectivity index (χ4v) is 3.35. The maximum Gasteiger partial charge on any atom is 0.142 e. The summed E-state index contributed by atoms with van der Waals surface area (Å²) >= 11 is 9.47. The molecule has 1 saturated heterocycles. The number of anilines is 2. The Morgan fingerprint density at radius 3 is 2.76 bits per heavy atom. The van der Waals surface area contributed by atoms with Crippen LogP contribution in [0.15, 0.2) is 35.3 Å². The summed E-state index contributed by atoms with van der Waals surface area (Å²) in [4.78, 5) is 14.8. The van der Waals surface area contributed by atoms with Crippen molar-refractivity contribution < 1.29 is 0 Å². The molecule has 1 aliphatic heterocycles. The predicted octanol–water partition coefficient (Wildman–Crippen LogP) is 3.37. The van der Waals surface area contributed by atoms with Crippen LogP contribution in [0, 0.1) is 0 Å². The summed E-state index contributed by atoms with van der Waals surface area (Å²) in [6.45, 7) is 1.91. The van der Waals surface area contributed by atoms with Crippen LogP contribution in [-0.2, 0) is 0 Å². The van der Waals surface area contributed by atoms with E-state index in [1.54, 1.807) is 18.7 Å². The maximum atomic E-state index is 5.94. The van der Waals surface area contributed by atoms with Gasteiger partial charge < -0.3 is 10.2 Å². The van der Waals surface area contributed by atoms with Gasteiger partial charge in [0.1, 0.15) is 18.0 Å². The fourth-order valence-electron chi connectivity index (χ4n) is 2.46. The Bertz CT molecular complexity index is 602. The molecule has 2 aromatic rings. The highest BCUT2D eigenvalue weighted by atomic mass is 79.9. The summed E-state index contributed by atoms with van der Waals surface area (Å²) in [5.41, 5.74) is 0. The molecule has 3 rings (SSSR count). The van der Waals surface area contributed by atoms with Gasteiger partial charge in [-0.15, -0.1) is 0 Å². The molecule has 5 nitrogen and oxygen atoms in total. The Morgan fingerprint density at radius 2 is 2.10 bits per heavy atom. The molecule has 1 aliphatic rings. The molecule has 0 aromatic carbocycles. The summed E-state index contributed by atoms with van der Waals surface area (Å²) in [5, 5.41) is 4.09. The van der Waals surface area contributed by atoms with E-state index in [1.165, 1.54) is 0 Å². The molecule has 0 amide bonds. The summed E-state index contributed by atoms with van der Waals surface area (Å²) in [6, 6.07) is 4.21. The molecule has 0 spiro atoms. The maximum absolute atomic E-state index is 5.94. The van der Waals surface area contributed by atoms with E-state index < -0.39 is 0 Å². The Morgan fingerprint density at radius 1 is 1.29 bits per heavy atom. The average molecular weight is 369 g/mol. The molecule has 110 valence electrons. The molecule has 0 saturated carbocycles. The highest BCUT2D eigenvalue weighted by Crippen LogP contribution is 2.29. The SMILES string of the molecule is Clc1cnc(N2CCC(Nc3ccncn3)CC2)c(Br)c1. The lowest BCUT2D eigenvalue weighted by Crippen LogP contribution is -2.39. The van der Waals surface area contributed by atoms with Crippen molar-refractivity contribution in [3.05, 3.63) is 40.3 Å². The van der Waals surface area contributed by atoms with E-state index in [9.17, 15) is 0 Å². The molecule has 0 radical (unpaired) electrons. The van der Waals surface area contributed by atoms with E-state index in [1.807, 2.05) is 12.1 Å². The number of hydrogen-bond donors (Lipinski definition) is 1. The van der Waals surface area contributed by atoms with Crippen LogP contribution in [-0.4, -0.2) is 34.1 Å². The Labute approximate surface area is 136 Å². The van der Waals surface area contributed by atoms with Crippen molar-refractivity contribution in [3.63, 3.8) is 0 Å². The van der Waals surface area contributed by atoms with Gasteiger partial charge in [-0.2, -0.15) is 0 Å². The zero-order valence-corrected chi connectivity index (χ0v) is 13.7. The van der Waals surface area contributed by atoms with E-state index in [4.69, 9.17) is 11.6 Å². The molecule has 3 heterocycles. The third-order valence-corrected chi connectivity index (χ3v) is 4.31. The van der Waals surface area contributed by atoms with Crippen molar-refractivity contribution in [2.24, 2.45) is 0 Å². The van der Waals surface area contributed by atoms with Gasteiger partial charge in [-0.05, 0) is 40.9 Å². The first-order chi connectivity index (χ1) is 10.2. The van der Waals surface area contributed by atoms with E-state index in [0.29, 0.717) is 11.1 Å². The van der Waals surface area contributed by atoms with Crippen LogP contribution >= 0.6 is 27.5 Å². The molecule has 0 unspecified atom stereocenters. The summed E-state index contributed by atoms with van der Waals surface area (Å²) in [5.74, 6) is 1.84. The third-order valence-electron chi connectivity index (χ3n) is 3.52. The largest absolute Gasteiger partial charge is 0.367 e. The first kappa shape index (κ1) is 14.5. The van der Waals surface area contributed by atoms with Crippen LogP contribution in [0.25, 0.3) is 0 Å². The number of rotatable bonds is 3. The van der Waals surface area contributed by atoms with Gasteiger partial charge in [-0.1, -0.05) is 11.6 Å². The second-order valence-corrected chi connectivity index (χ2v) is 6.25. The quantitative estimate of drug-likeness (QED) is 0.900. The van der Waals surface area contributed by atoms with Gasteiger partial charge in [0.2, 0.25) is 0 Å². The number of nitrogens with one attached hydrogen (secondary N) is 1. The number of hydrogen-bond acceptors (Lipinski definition) is 5. The van der Waals surface area contributed by atoms with Crippen LogP contribution < -0.4 is 10.2 Å². The molecule has 1 N–H and O–H groups in total. The molecule has 21 heavy (non-hydrogen) atoms. The highest BCUT2D eigenvalue weighted by molar-refractivity contribution is 9.10. The number of pyridine rings is 1. The molecule has 0 atom stereocenters. The smallest absolute Gasteiger partial charge is 0.142 e. The number of nitrogens with zero attached hydrogens (tertiary/aromatic N) is 4. The minimum Gasteiger partial charge on any atom is -0.367 e. The molecular weight excluding hydrogens is 354 g/mol. The van der Waals surface area contributed by atoms with Crippen LogP contribution in [0.5, 0.6) is 0 Å². The molecular formula is C14H15BrClN5. The van der Waals surface area contributed by atoms with Crippen molar-refractivity contribution in [2.45, 2.75) is 18.9 Å². The summed E-state index contributed by atoms with van der Waals surface area (Å²) in [6.07, 6.45) is 7.08. The minimum absolute atomic E-state index is 0.433. The number of aromatic nitrogens is 3. The van der Waals surface area contributed by atoms with Gasteiger partial charge in [-0.3, -0.25) is 0 Å². The van der Waals surface area contributed by atoms with Crippen LogP contribution in [0.3, 0.4) is 0 Å². The molecule has 1 fully saturated rings. The van der Waals surface area contributed by atoms with Crippen molar-refractivity contribution in [3.8, 4) is 0 Å². The standard InChI is InChI=1S/C14H15BrClN5/c15-12-7-10(16)8-18-14(12)21-5-2-11(3-6-21)20-13-1-4-17-9-19-13/h1,4,7-9,11H,2-3,5-6H2,(H,17,19,20). The van der Waals surface area contributed by atoms with Crippen molar-refractivity contribution in [1.29, 1.82) is 0 Å². The fraction of sp³-hybridized carbons (Fsp3) is 0.357. The van der Waals surface area contributed by atoms with E-state index >= 15 is 0 Å². The Hall–Kier alpha value is -1.40. The molecule has 0 bridgehead atoms. The lowest BCUT2D eigenvalue weighted by molar-refractivity contribution is 0.522. The average Bonchev–Trinajstić information content (AvgIpc) is 2.49. The van der Waals surface area contributed by atoms with E-state index in [0.717, 1.165) is 42.0 Å². The van der Waals surface area contributed by atoms with Crippen LogP contribution in [0.2, 0.25) is 5.02 Å². The van der Waals surface area contributed by atoms with E-state index in [2.05, 4.69) is 41.1 Å². The molecule has 0 aliphatic carbocycles. The van der Waals surface area contributed by atoms with Gasteiger partial charge in [0.05, 0.1) is 9.50 Å². The van der Waals surface area contributed by atoms with Crippen molar-refractivity contribution in [1.82, 2.24) is 15.0 Å². The summed E-state index contributed by atoms with van der Waals surface area (Å²) in [7, 11) is 0. The molecule has 2 aromatic heterocycles. The van der Waals surface area contributed by atoms with Crippen LogP contribution in [0.4, 0.5) is 11.6 Å². The van der Waals surface area contributed by atoms with Crippen LogP contribution in [0.1, 0.15) is 12.8 Å². The second-order valence-electron chi connectivity index (χ2n) is 4.96. The third kappa shape index (κ3) is 3.63.